The van der Waals surface area contributed by atoms with Crippen molar-refractivity contribution < 1.29 is 18.7 Å². The number of hydrogen-bond donors (Lipinski definition) is 2. The monoisotopic (exact) mass is 511 g/mol. The highest BCUT2D eigenvalue weighted by Crippen LogP contribution is 2.32. The maximum absolute atomic E-state index is 13.2. The van der Waals surface area contributed by atoms with Gasteiger partial charge in [-0.2, -0.15) is 0 Å². The van der Waals surface area contributed by atoms with Gasteiger partial charge in [-0.25, -0.2) is 9.40 Å². The summed E-state index contributed by atoms with van der Waals surface area (Å²) in [5, 5.41) is 4.18. The van der Waals surface area contributed by atoms with E-state index in [-0.39, 0.29) is 18.3 Å². The van der Waals surface area contributed by atoms with Crippen molar-refractivity contribution in [2.75, 3.05) is 18.5 Å². The fraction of sp³-hybridized carbons (Fsp3) is 0.154. The van der Waals surface area contributed by atoms with Crippen LogP contribution in [0.15, 0.2) is 84.9 Å². The Kier molecular flexibility index (Phi) is 8.28. The number of carbonyl (C=O) groups excluding carboxylic acids is 2. The summed E-state index contributed by atoms with van der Waals surface area (Å²) in [6.07, 6.45) is 3.78. The Morgan fingerprint density at radius 3 is 2.49 bits per heavy atom. The fourth-order valence-electron chi connectivity index (χ4n) is 3.34. The Labute approximate surface area is 212 Å². The molecule has 0 aromatic heterocycles. The lowest BCUT2D eigenvalue weighted by atomic mass is 10.2. The Morgan fingerprint density at radius 1 is 1.06 bits per heavy atom. The zero-order chi connectivity index (χ0) is 24.6. The molecule has 35 heavy (non-hydrogen) atoms. The highest BCUT2D eigenvalue weighted by atomic mass is 35.5. The molecule has 3 aromatic carbocycles. The molecule has 0 aliphatic carbocycles. The van der Waals surface area contributed by atoms with Crippen molar-refractivity contribution in [2.45, 2.75) is 10.6 Å². The molecule has 2 N–H and O–H groups in total. The van der Waals surface area contributed by atoms with Gasteiger partial charge in [0.15, 0.2) is 6.61 Å². The number of thioether (sulfide) groups is 1. The van der Waals surface area contributed by atoms with Crippen LogP contribution in [0.3, 0.4) is 0 Å². The van der Waals surface area contributed by atoms with E-state index < -0.39 is 16.5 Å². The number of ether oxygens (including phenoxy) is 1. The molecule has 3 aromatic rings. The molecule has 2 unspecified atom stereocenters. The van der Waals surface area contributed by atoms with Crippen LogP contribution in [0, 0.1) is 5.82 Å². The third-order valence-corrected chi connectivity index (χ3v) is 6.68. The zero-order valence-electron chi connectivity index (χ0n) is 18.6. The minimum Gasteiger partial charge on any atom is -0.484 e. The van der Waals surface area contributed by atoms with Crippen molar-refractivity contribution >= 4 is 46.9 Å². The van der Waals surface area contributed by atoms with Gasteiger partial charge in [0.25, 0.3) is 11.8 Å². The van der Waals surface area contributed by atoms with Crippen LogP contribution < -0.4 is 15.5 Å². The normalized spacial score (nSPS) is 17.5. The number of carbonyl (C=O) groups is 2. The molecule has 0 bridgehead atoms. The van der Waals surface area contributed by atoms with E-state index >= 15 is 0 Å². The molecular formula is C26H23ClFN3O3S. The molecule has 2 amide bonds. The van der Waals surface area contributed by atoms with Gasteiger partial charge in [0.05, 0.1) is 0 Å². The lowest BCUT2D eigenvalue weighted by Gasteiger charge is -2.22. The van der Waals surface area contributed by atoms with Crippen LogP contribution in [0.5, 0.6) is 5.75 Å². The summed E-state index contributed by atoms with van der Waals surface area (Å²) >= 11 is 7.28. The van der Waals surface area contributed by atoms with Crippen molar-refractivity contribution in [3.8, 4) is 5.75 Å². The first-order valence-electron chi connectivity index (χ1n) is 10.9. The molecule has 9 heteroatoms. The predicted molar refractivity (Wildman–Crippen MR) is 137 cm³/mol. The van der Waals surface area contributed by atoms with Crippen LogP contribution >= 0.6 is 23.4 Å². The van der Waals surface area contributed by atoms with Crippen molar-refractivity contribution in [3.63, 3.8) is 0 Å². The number of hydrogen-bond acceptors (Lipinski definition) is 5. The summed E-state index contributed by atoms with van der Waals surface area (Å²) in [5.74, 6) is -0.539. The first kappa shape index (κ1) is 24.6. The highest BCUT2D eigenvalue weighted by molar-refractivity contribution is 8.01. The SMILES string of the molecule is O=C(COc1ccc(Cl)cc1)NN1C(=O)C(CNc2ccc(F)cc2)SC1/C=C/c1ccccc1. The highest BCUT2D eigenvalue weighted by Gasteiger charge is 2.40. The maximum atomic E-state index is 13.2. The number of benzene rings is 3. The molecule has 1 aliphatic rings. The Bertz CT molecular complexity index is 1180. The largest absolute Gasteiger partial charge is 0.484 e. The topological polar surface area (TPSA) is 70.7 Å². The third-order valence-electron chi connectivity index (χ3n) is 5.09. The number of nitrogens with zero attached hydrogens (tertiary/aromatic N) is 1. The van der Waals surface area contributed by atoms with Crippen LogP contribution in [-0.4, -0.2) is 40.6 Å². The second kappa shape index (κ2) is 11.8. The Morgan fingerprint density at radius 2 is 1.77 bits per heavy atom. The van der Waals surface area contributed by atoms with E-state index in [4.69, 9.17) is 16.3 Å². The van der Waals surface area contributed by atoms with Crippen LogP contribution in [0.2, 0.25) is 5.02 Å². The number of hydrazine groups is 1. The number of nitrogens with one attached hydrogen (secondary N) is 2. The average Bonchev–Trinajstić information content (AvgIpc) is 3.16. The molecule has 2 atom stereocenters. The molecule has 0 radical (unpaired) electrons. The summed E-state index contributed by atoms with van der Waals surface area (Å²) < 4.78 is 18.7. The standard InChI is InChI=1S/C26H23ClFN3O3S/c27-19-7-13-22(14-8-19)34-17-24(32)30-31-25(15-6-18-4-2-1-3-5-18)35-23(26(31)33)16-29-21-11-9-20(28)10-12-21/h1-15,23,25,29H,16-17H2,(H,30,32)/b15-6+. The molecule has 1 aliphatic heterocycles. The molecule has 6 nitrogen and oxygen atoms in total. The van der Waals surface area contributed by atoms with Crippen molar-refractivity contribution in [1.82, 2.24) is 10.4 Å². The van der Waals surface area contributed by atoms with Gasteiger partial charge in [0.2, 0.25) is 0 Å². The lowest BCUT2D eigenvalue weighted by molar-refractivity contribution is -0.140. The van der Waals surface area contributed by atoms with E-state index in [0.717, 1.165) is 5.56 Å². The predicted octanol–water partition coefficient (Wildman–Crippen LogP) is 4.98. The molecule has 4 rings (SSSR count). The molecule has 1 fully saturated rings. The van der Waals surface area contributed by atoms with Gasteiger partial charge in [-0.3, -0.25) is 15.0 Å². The lowest BCUT2D eigenvalue weighted by Crippen LogP contribution is -2.49. The van der Waals surface area contributed by atoms with Crippen LogP contribution in [0.4, 0.5) is 10.1 Å². The quantitative estimate of drug-likeness (QED) is 0.424. The zero-order valence-corrected chi connectivity index (χ0v) is 20.1. The summed E-state index contributed by atoms with van der Waals surface area (Å²) in [6.45, 7) is 0.0577. The van der Waals surface area contributed by atoms with E-state index in [2.05, 4.69) is 10.7 Å². The number of anilines is 1. The molecule has 180 valence electrons. The van der Waals surface area contributed by atoms with Crippen molar-refractivity contribution in [3.05, 3.63) is 101 Å². The van der Waals surface area contributed by atoms with E-state index in [9.17, 15) is 14.0 Å². The van der Waals surface area contributed by atoms with Crippen LogP contribution in [0.1, 0.15) is 5.56 Å². The van der Waals surface area contributed by atoms with Gasteiger partial charge in [0.1, 0.15) is 22.2 Å². The van der Waals surface area contributed by atoms with Crippen molar-refractivity contribution in [2.24, 2.45) is 0 Å². The first-order valence-corrected chi connectivity index (χ1v) is 12.2. The van der Waals surface area contributed by atoms with Gasteiger partial charge < -0.3 is 10.1 Å². The Balaban J connectivity index is 1.41. The molecule has 0 spiro atoms. The minimum absolute atomic E-state index is 0.243. The van der Waals surface area contributed by atoms with E-state index in [1.165, 1.54) is 28.9 Å². The smallest absolute Gasteiger partial charge is 0.276 e. The number of amides is 2. The summed E-state index contributed by atoms with van der Waals surface area (Å²) in [6, 6.07) is 22.3. The van der Waals surface area contributed by atoms with Gasteiger partial charge in [-0.05, 0) is 60.2 Å². The molecule has 1 saturated heterocycles. The molecule has 1 heterocycles. The molecular weight excluding hydrogens is 489 g/mol. The van der Waals surface area contributed by atoms with Gasteiger partial charge in [-0.15, -0.1) is 11.8 Å². The Hall–Kier alpha value is -3.49. The van der Waals surface area contributed by atoms with E-state index in [1.54, 1.807) is 36.4 Å². The van der Waals surface area contributed by atoms with Gasteiger partial charge in [-0.1, -0.05) is 48.0 Å². The fourth-order valence-corrected chi connectivity index (χ4v) is 4.66. The maximum Gasteiger partial charge on any atom is 0.276 e. The van der Waals surface area contributed by atoms with E-state index in [0.29, 0.717) is 23.0 Å². The van der Waals surface area contributed by atoms with Crippen molar-refractivity contribution in [1.29, 1.82) is 0 Å². The van der Waals surface area contributed by atoms with Crippen LogP contribution in [-0.2, 0) is 9.59 Å². The number of halogens is 2. The van der Waals surface area contributed by atoms with Gasteiger partial charge in [0, 0.05) is 17.3 Å². The summed E-state index contributed by atoms with van der Waals surface area (Å²) in [4.78, 5) is 25.7. The number of rotatable bonds is 9. The second-order valence-corrected chi connectivity index (χ2v) is 9.42. The third kappa shape index (κ3) is 7.00. The summed E-state index contributed by atoms with van der Waals surface area (Å²) in [5.41, 5.74) is 4.36. The van der Waals surface area contributed by atoms with Crippen LogP contribution in [0.25, 0.3) is 6.08 Å². The van der Waals surface area contributed by atoms with E-state index in [1.807, 2.05) is 42.5 Å². The average molecular weight is 512 g/mol. The second-order valence-electron chi connectivity index (χ2n) is 7.66. The minimum atomic E-state index is -0.459. The summed E-state index contributed by atoms with van der Waals surface area (Å²) in [7, 11) is 0. The first-order chi connectivity index (χ1) is 17.0. The molecule has 0 saturated carbocycles. The van der Waals surface area contributed by atoms with Gasteiger partial charge >= 0.3 is 0 Å².